The summed E-state index contributed by atoms with van der Waals surface area (Å²) in [5.41, 5.74) is 0.933. The summed E-state index contributed by atoms with van der Waals surface area (Å²) < 4.78 is 10.6. The minimum atomic E-state index is 0.373. The summed E-state index contributed by atoms with van der Waals surface area (Å²) in [5, 5.41) is 11.7. The van der Waals surface area contributed by atoms with Gasteiger partial charge in [-0.3, -0.25) is 0 Å². The number of hydrogen-bond donors (Lipinski definition) is 1. The molecule has 0 spiro atoms. The van der Waals surface area contributed by atoms with Gasteiger partial charge in [-0.05, 0) is 36.4 Å². The molecule has 0 amide bonds. The van der Waals surface area contributed by atoms with Crippen molar-refractivity contribution in [1.29, 1.82) is 0 Å². The predicted octanol–water partition coefficient (Wildman–Crippen LogP) is 3.60. The van der Waals surface area contributed by atoms with Crippen LogP contribution in [0.4, 0.5) is 5.69 Å². The molecular weight excluding hydrogens is 266 g/mol. The second-order valence-electron chi connectivity index (χ2n) is 3.84. The largest absolute Gasteiger partial charge is 0.459 e. The molecule has 1 N–H and O–H groups in total. The van der Waals surface area contributed by atoms with Gasteiger partial charge in [-0.15, -0.1) is 10.2 Å². The predicted molar refractivity (Wildman–Crippen MR) is 70.8 cm³/mol. The summed E-state index contributed by atoms with van der Waals surface area (Å²) in [6, 6.07) is 10.9. The molecule has 96 valence electrons. The molecule has 0 aliphatic heterocycles. The number of benzene rings is 1. The smallest absolute Gasteiger partial charge is 0.283 e. The zero-order chi connectivity index (χ0) is 13.1. The Morgan fingerprint density at radius 3 is 2.68 bits per heavy atom. The minimum Gasteiger partial charge on any atom is -0.459 e. The van der Waals surface area contributed by atoms with E-state index in [0.717, 1.165) is 5.69 Å². The molecule has 0 saturated heterocycles. The number of rotatable bonds is 4. The zero-order valence-corrected chi connectivity index (χ0v) is 10.6. The average Bonchev–Trinajstić information content (AvgIpc) is 3.09. The van der Waals surface area contributed by atoms with Crippen molar-refractivity contribution in [2.45, 2.75) is 6.54 Å². The monoisotopic (exact) mass is 275 g/mol. The maximum atomic E-state index is 5.81. The summed E-state index contributed by atoms with van der Waals surface area (Å²) in [6.45, 7) is 0.440. The third-order valence-electron chi connectivity index (χ3n) is 2.49. The highest BCUT2D eigenvalue weighted by atomic mass is 35.5. The van der Waals surface area contributed by atoms with Crippen LogP contribution in [0.1, 0.15) is 5.89 Å². The second-order valence-corrected chi connectivity index (χ2v) is 4.28. The Labute approximate surface area is 114 Å². The summed E-state index contributed by atoms with van der Waals surface area (Å²) in [5.74, 6) is 1.42. The molecule has 19 heavy (non-hydrogen) atoms. The zero-order valence-electron chi connectivity index (χ0n) is 9.84. The van der Waals surface area contributed by atoms with E-state index in [9.17, 15) is 0 Å². The first kappa shape index (κ1) is 11.8. The van der Waals surface area contributed by atoms with Crippen LogP contribution in [0.5, 0.6) is 0 Å². The lowest BCUT2D eigenvalue weighted by molar-refractivity contribution is 0.486. The van der Waals surface area contributed by atoms with Crippen molar-refractivity contribution in [3.05, 3.63) is 53.6 Å². The standard InChI is InChI=1S/C13H10ClN3O2/c14-9-3-5-10(6-4-9)15-8-12-16-17-13(19-12)11-2-1-7-18-11/h1-7,15H,8H2. The number of nitrogens with one attached hydrogen (secondary N) is 1. The maximum Gasteiger partial charge on any atom is 0.283 e. The molecular formula is C13H10ClN3O2. The van der Waals surface area contributed by atoms with Gasteiger partial charge in [-0.2, -0.15) is 0 Å². The number of furan rings is 1. The van der Waals surface area contributed by atoms with Crippen LogP contribution in [-0.2, 0) is 6.54 Å². The van der Waals surface area contributed by atoms with E-state index in [4.69, 9.17) is 20.4 Å². The summed E-state index contributed by atoms with van der Waals surface area (Å²) in [6.07, 6.45) is 1.56. The first-order valence-corrected chi connectivity index (χ1v) is 6.05. The Morgan fingerprint density at radius 2 is 1.95 bits per heavy atom. The normalized spacial score (nSPS) is 10.6. The van der Waals surface area contributed by atoms with Gasteiger partial charge in [0.1, 0.15) is 0 Å². The van der Waals surface area contributed by atoms with E-state index in [1.165, 1.54) is 0 Å². The molecule has 6 heteroatoms. The van der Waals surface area contributed by atoms with Gasteiger partial charge in [0.15, 0.2) is 5.76 Å². The lowest BCUT2D eigenvalue weighted by Gasteiger charge is -2.02. The van der Waals surface area contributed by atoms with Crippen molar-refractivity contribution in [1.82, 2.24) is 10.2 Å². The molecule has 2 heterocycles. The average molecular weight is 276 g/mol. The van der Waals surface area contributed by atoms with E-state index in [0.29, 0.717) is 29.1 Å². The third kappa shape index (κ3) is 2.77. The van der Waals surface area contributed by atoms with E-state index in [1.54, 1.807) is 18.4 Å². The molecule has 0 fully saturated rings. The van der Waals surface area contributed by atoms with Gasteiger partial charge in [0.05, 0.1) is 12.8 Å². The van der Waals surface area contributed by atoms with Crippen LogP contribution >= 0.6 is 11.6 Å². The van der Waals surface area contributed by atoms with E-state index in [-0.39, 0.29) is 0 Å². The molecule has 3 rings (SSSR count). The lowest BCUT2D eigenvalue weighted by Crippen LogP contribution is -1.99. The minimum absolute atomic E-state index is 0.373. The highest BCUT2D eigenvalue weighted by Crippen LogP contribution is 2.19. The van der Waals surface area contributed by atoms with Crippen molar-refractivity contribution < 1.29 is 8.83 Å². The van der Waals surface area contributed by atoms with Gasteiger partial charge in [-0.25, -0.2) is 0 Å². The molecule has 3 aromatic rings. The Kier molecular flexibility index (Phi) is 3.20. The summed E-state index contributed by atoms with van der Waals surface area (Å²) in [7, 11) is 0. The lowest BCUT2D eigenvalue weighted by atomic mass is 10.3. The van der Waals surface area contributed by atoms with Crippen molar-refractivity contribution in [3.8, 4) is 11.7 Å². The Balaban J connectivity index is 1.66. The Bertz CT molecular complexity index is 647. The molecule has 0 saturated carbocycles. The fraction of sp³-hybridized carbons (Fsp3) is 0.0769. The number of aromatic nitrogens is 2. The van der Waals surface area contributed by atoms with Gasteiger partial charge in [0.2, 0.25) is 5.89 Å². The van der Waals surface area contributed by atoms with Crippen LogP contribution in [0.2, 0.25) is 5.02 Å². The van der Waals surface area contributed by atoms with Gasteiger partial charge in [-0.1, -0.05) is 11.6 Å². The van der Waals surface area contributed by atoms with Crippen molar-refractivity contribution in [2.24, 2.45) is 0 Å². The van der Waals surface area contributed by atoms with Crippen LogP contribution < -0.4 is 5.32 Å². The number of nitrogens with zero attached hydrogens (tertiary/aromatic N) is 2. The van der Waals surface area contributed by atoms with Crippen molar-refractivity contribution >= 4 is 17.3 Å². The number of anilines is 1. The van der Waals surface area contributed by atoms with Crippen LogP contribution in [-0.4, -0.2) is 10.2 Å². The topological polar surface area (TPSA) is 64.1 Å². The molecule has 0 radical (unpaired) electrons. The van der Waals surface area contributed by atoms with Crippen molar-refractivity contribution in [2.75, 3.05) is 5.32 Å². The highest BCUT2D eigenvalue weighted by molar-refractivity contribution is 6.30. The Hall–Kier alpha value is -2.27. The molecule has 0 atom stereocenters. The second kappa shape index (κ2) is 5.16. The van der Waals surface area contributed by atoms with Crippen molar-refractivity contribution in [3.63, 3.8) is 0 Å². The Morgan fingerprint density at radius 1 is 1.11 bits per heavy atom. The fourth-order valence-corrected chi connectivity index (χ4v) is 1.70. The van der Waals surface area contributed by atoms with Crippen LogP contribution in [0, 0.1) is 0 Å². The van der Waals surface area contributed by atoms with E-state index in [1.807, 2.05) is 24.3 Å². The summed E-state index contributed by atoms with van der Waals surface area (Å²) in [4.78, 5) is 0. The first-order chi connectivity index (χ1) is 9.31. The summed E-state index contributed by atoms with van der Waals surface area (Å²) >= 11 is 5.81. The molecule has 0 aliphatic rings. The number of halogens is 1. The molecule has 0 unspecified atom stereocenters. The number of hydrogen-bond acceptors (Lipinski definition) is 5. The van der Waals surface area contributed by atoms with Gasteiger partial charge >= 0.3 is 0 Å². The quantitative estimate of drug-likeness (QED) is 0.788. The van der Waals surface area contributed by atoms with Crippen LogP contribution in [0.15, 0.2) is 51.5 Å². The molecule has 1 aromatic carbocycles. The fourth-order valence-electron chi connectivity index (χ4n) is 1.57. The van der Waals surface area contributed by atoms with E-state index < -0.39 is 0 Å². The van der Waals surface area contributed by atoms with Crippen LogP contribution in [0.25, 0.3) is 11.7 Å². The van der Waals surface area contributed by atoms with Gasteiger partial charge in [0.25, 0.3) is 5.89 Å². The SMILES string of the molecule is Clc1ccc(NCc2nnc(-c3ccco3)o2)cc1. The molecule has 0 bridgehead atoms. The molecule has 5 nitrogen and oxygen atoms in total. The maximum absolute atomic E-state index is 5.81. The first-order valence-electron chi connectivity index (χ1n) is 5.67. The highest BCUT2D eigenvalue weighted by Gasteiger charge is 2.10. The van der Waals surface area contributed by atoms with Gasteiger partial charge in [0, 0.05) is 10.7 Å². The van der Waals surface area contributed by atoms with E-state index in [2.05, 4.69) is 15.5 Å². The van der Waals surface area contributed by atoms with Gasteiger partial charge < -0.3 is 14.2 Å². The third-order valence-corrected chi connectivity index (χ3v) is 2.74. The molecule has 0 aliphatic carbocycles. The van der Waals surface area contributed by atoms with Crippen LogP contribution in [0.3, 0.4) is 0 Å². The molecule has 2 aromatic heterocycles. The van der Waals surface area contributed by atoms with E-state index >= 15 is 0 Å².